The number of ether oxygens (including phenoxy) is 1. The number of anilines is 1. The molecule has 0 spiro atoms. The van der Waals surface area contributed by atoms with Crippen LogP contribution < -0.4 is 15.6 Å². The third-order valence-corrected chi connectivity index (χ3v) is 5.56. The largest absolute Gasteiger partial charge is 0.370 e. The zero-order chi connectivity index (χ0) is 19.8. The molecule has 1 amide bonds. The maximum atomic E-state index is 11.9. The summed E-state index contributed by atoms with van der Waals surface area (Å²) in [5, 5.41) is 8.29. The SMILES string of the molecule is CC(C)CC(=O)Nc1ccc(C2=NNC(=NCC[NH+]3CCOCC3)SC2)cc1. The normalized spacial score (nSPS) is 19.4. The summed E-state index contributed by atoms with van der Waals surface area (Å²) in [5.74, 6) is 1.19. The van der Waals surface area contributed by atoms with Gasteiger partial charge in [-0.05, 0) is 23.6 Å². The van der Waals surface area contributed by atoms with Crippen LogP contribution in [0.2, 0.25) is 0 Å². The van der Waals surface area contributed by atoms with E-state index in [2.05, 4.69) is 20.8 Å². The molecule has 1 saturated heterocycles. The van der Waals surface area contributed by atoms with Gasteiger partial charge in [0.15, 0.2) is 5.17 Å². The van der Waals surface area contributed by atoms with Crippen molar-refractivity contribution in [3.63, 3.8) is 0 Å². The molecular formula is C20H30N5O2S+. The molecule has 2 aliphatic heterocycles. The highest BCUT2D eigenvalue weighted by atomic mass is 32.2. The van der Waals surface area contributed by atoms with Gasteiger partial charge in [-0.25, -0.2) is 0 Å². The molecule has 0 unspecified atom stereocenters. The van der Waals surface area contributed by atoms with Crippen molar-refractivity contribution in [3.8, 4) is 0 Å². The van der Waals surface area contributed by atoms with Gasteiger partial charge in [-0.1, -0.05) is 37.7 Å². The molecule has 8 heteroatoms. The molecule has 0 saturated carbocycles. The van der Waals surface area contributed by atoms with Gasteiger partial charge < -0.3 is 15.0 Å². The van der Waals surface area contributed by atoms with Gasteiger partial charge in [0.1, 0.15) is 13.1 Å². The van der Waals surface area contributed by atoms with Gasteiger partial charge in [-0.3, -0.25) is 15.2 Å². The Morgan fingerprint density at radius 2 is 2.07 bits per heavy atom. The number of rotatable bonds is 7. The van der Waals surface area contributed by atoms with E-state index < -0.39 is 0 Å². The third kappa shape index (κ3) is 6.61. The maximum absolute atomic E-state index is 11.9. The lowest BCUT2D eigenvalue weighted by molar-refractivity contribution is -0.906. The maximum Gasteiger partial charge on any atom is 0.224 e. The van der Waals surface area contributed by atoms with Gasteiger partial charge in [-0.15, -0.1) is 0 Å². The van der Waals surface area contributed by atoms with Crippen molar-refractivity contribution in [1.29, 1.82) is 0 Å². The molecule has 0 bridgehead atoms. The van der Waals surface area contributed by atoms with Crippen LogP contribution in [0.4, 0.5) is 5.69 Å². The van der Waals surface area contributed by atoms with E-state index in [9.17, 15) is 4.79 Å². The second-order valence-electron chi connectivity index (χ2n) is 7.48. The van der Waals surface area contributed by atoms with E-state index in [1.807, 2.05) is 38.1 Å². The van der Waals surface area contributed by atoms with Gasteiger partial charge in [0.2, 0.25) is 5.91 Å². The number of thioether (sulfide) groups is 1. The fraction of sp³-hybridized carbons (Fsp3) is 0.550. The number of amidine groups is 1. The van der Waals surface area contributed by atoms with Gasteiger partial charge >= 0.3 is 0 Å². The quantitative estimate of drug-likeness (QED) is 0.633. The Morgan fingerprint density at radius 1 is 1.32 bits per heavy atom. The monoisotopic (exact) mass is 404 g/mol. The molecule has 1 aromatic carbocycles. The summed E-state index contributed by atoms with van der Waals surface area (Å²) in [7, 11) is 0. The lowest BCUT2D eigenvalue weighted by Crippen LogP contribution is -3.14. The smallest absolute Gasteiger partial charge is 0.224 e. The van der Waals surface area contributed by atoms with Crippen molar-refractivity contribution in [2.24, 2.45) is 16.0 Å². The van der Waals surface area contributed by atoms with Crippen molar-refractivity contribution in [1.82, 2.24) is 5.43 Å². The highest BCUT2D eigenvalue weighted by Crippen LogP contribution is 2.16. The van der Waals surface area contributed by atoms with Crippen LogP contribution in [0, 0.1) is 5.92 Å². The summed E-state index contributed by atoms with van der Waals surface area (Å²) in [6.07, 6.45) is 0.532. The molecule has 3 N–H and O–H groups in total. The Bertz CT molecular complexity index is 712. The average molecular weight is 405 g/mol. The van der Waals surface area contributed by atoms with Crippen LogP contribution in [0.3, 0.4) is 0 Å². The van der Waals surface area contributed by atoms with E-state index in [1.165, 1.54) is 0 Å². The Hall–Kier alpha value is -1.90. The molecule has 0 aromatic heterocycles. The molecule has 1 aromatic rings. The number of carbonyl (C=O) groups excluding carboxylic acids is 1. The topological polar surface area (TPSA) is 79.5 Å². The molecule has 7 nitrogen and oxygen atoms in total. The minimum Gasteiger partial charge on any atom is -0.370 e. The summed E-state index contributed by atoms with van der Waals surface area (Å²) in [6.45, 7) is 9.77. The van der Waals surface area contributed by atoms with Crippen molar-refractivity contribution in [2.75, 3.05) is 50.5 Å². The number of morpholine rings is 1. The summed E-state index contributed by atoms with van der Waals surface area (Å²) in [6, 6.07) is 7.84. The van der Waals surface area contributed by atoms with Crippen LogP contribution in [0.25, 0.3) is 0 Å². The lowest BCUT2D eigenvalue weighted by atomic mass is 10.1. The predicted octanol–water partition coefficient (Wildman–Crippen LogP) is 0.983. The first-order chi connectivity index (χ1) is 13.6. The number of hydrogen-bond donors (Lipinski definition) is 3. The molecule has 1 fully saturated rings. The second-order valence-corrected chi connectivity index (χ2v) is 8.45. The molecule has 0 aliphatic carbocycles. The molecule has 2 heterocycles. The summed E-state index contributed by atoms with van der Waals surface area (Å²) in [5.41, 5.74) is 5.93. The van der Waals surface area contributed by atoms with E-state index in [0.717, 1.165) is 67.3 Å². The number of carbonyl (C=O) groups is 1. The van der Waals surface area contributed by atoms with Crippen molar-refractivity contribution < 1.29 is 14.4 Å². The summed E-state index contributed by atoms with van der Waals surface area (Å²) in [4.78, 5) is 18.0. The lowest BCUT2D eigenvalue weighted by Gasteiger charge is -2.23. The van der Waals surface area contributed by atoms with Gasteiger partial charge in [0, 0.05) is 17.9 Å². The first-order valence-electron chi connectivity index (χ1n) is 9.91. The Balaban J connectivity index is 1.47. The van der Waals surface area contributed by atoms with Gasteiger partial charge in [0.05, 0.1) is 32.0 Å². The molecule has 0 atom stereocenters. The van der Waals surface area contributed by atoms with E-state index in [1.54, 1.807) is 16.7 Å². The summed E-state index contributed by atoms with van der Waals surface area (Å²) >= 11 is 1.68. The standard InChI is InChI=1S/C20H29N5O2S/c1-15(2)13-19(26)22-17-5-3-16(4-6-17)18-14-28-20(24-23-18)21-7-8-25-9-11-27-12-10-25/h3-6,15H,7-14H2,1-2H3,(H,21,24)(H,22,26)/p+1. The number of nitrogens with one attached hydrogen (secondary N) is 3. The Kier molecular flexibility index (Phi) is 7.88. The molecule has 152 valence electrons. The van der Waals surface area contributed by atoms with Gasteiger partial charge in [0.25, 0.3) is 0 Å². The van der Waals surface area contributed by atoms with Crippen LogP contribution in [0.15, 0.2) is 34.4 Å². The van der Waals surface area contributed by atoms with Crippen molar-refractivity contribution in [2.45, 2.75) is 20.3 Å². The Morgan fingerprint density at radius 3 is 2.71 bits per heavy atom. The number of quaternary nitrogens is 1. The molecule has 3 rings (SSSR count). The molecule has 0 radical (unpaired) electrons. The zero-order valence-electron chi connectivity index (χ0n) is 16.7. The highest BCUT2D eigenvalue weighted by Gasteiger charge is 2.15. The van der Waals surface area contributed by atoms with Crippen LogP contribution in [0.1, 0.15) is 25.8 Å². The number of aliphatic imine (C=N–C) groups is 1. The number of benzene rings is 1. The average Bonchev–Trinajstić information content (AvgIpc) is 2.69. The zero-order valence-corrected chi connectivity index (χ0v) is 17.5. The second kappa shape index (κ2) is 10.6. The number of hydrogen-bond acceptors (Lipinski definition) is 5. The van der Waals surface area contributed by atoms with Gasteiger partial charge in [-0.2, -0.15) is 5.10 Å². The van der Waals surface area contributed by atoms with Crippen molar-refractivity contribution >= 4 is 34.2 Å². The van der Waals surface area contributed by atoms with Crippen LogP contribution in [-0.2, 0) is 9.53 Å². The van der Waals surface area contributed by atoms with Crippen LogP contribution in [-0.4, -0.2) is 61.9 Å². The van der Waals surface area contributed by atoms with E-state index in [-0.39, 0.29) is 5.91 Å². The van der Waals surface area contributed by atoms with E-state index >= 15 is 0 Å². The highest BCUT2D eigenvalue weighted by molar-refractivity contribution is 8.14. The Labute approximate surface area is 171 Å². The first-order valence-corrected chi connectivity index (χ1v) is 10.9. The minimum atomic E-state index is 0.0507. The third-order valence-electron chi connectivity index (χ3n) is 4.65. The molecular weight excluding hydrogens is 374 g/mol. The fourth-order valence-corrected chi connectivity index (χ4v) is 3.90. The fourth-order valence-electron chi connectivity index (χ4n) is 3.10. The van der Waals surface area contributed by atoms with Crippen LogP contribution in [0.5, 0.6) is 0 Å². The number of hydrazone groups is 1. The van der Waals surface area contributed by atoms with Crippen molar-refractivity contribution in [3.05, 3.63) is 29.8 Å². The minimum absolute atomic E-state index is 0.0507. The van der Waals surface area contributed by atoms with E-state index in [0.29, 0.717) is 12.3 Å². The number of amides is 1. The van der Waals surface area contributed by atoms with E-state index in [4.69, 9.17) is 4.74 Å². The molecule has 28 heavy (non-hydrogen) atoms. The predicted molar refractivity (Wildman–Crippen MR) is 115 cm³/mol. The van der Waals surface area contributed by atoms with Crippen LogP contribution >= 0.6 is 11.8 Å². The number of nitrogens with zero attached hydrogens (tertiary/aromatic N) is 2. The molecule has 2 aliphatic rings. The first kappa shape index (κ1) is 20.8. The summed E-state index contributed by atoms with van der Waals surface area (Å²) < 4.78 is 5.38.